The number of amides is 1. The second kappa shape index (κ2) is 11.3. The van der Waals surface area contributed by atoms with E-state index in [0.717, 1.165) is 16.5 Å². The van der Waals surface area contributed by atoms with Gasteiger partial charge in [0.1, 0.15) is 11.6 Å². The number of sulfone groups is 1. The van der Waals surface area contributed by atoms with Crippen molar-refractivity contribution in [3.63, 3.8) is 0 Å². The minimum absolute atomic E-state index is 0.123. The molecule has 7 nitrogen and oxygen atoms in total. The Bertz CT molecular complexity index is 1100. The van der Waals surface area contributed by atoms with Gasteiger partial charge in [0.15, 0.2) is 9.84 Å². The molecule has 0 aliphatic carbocycles. The van der Waals surface area contributed by atoms with Crippen molar-refractivity contribution in [1.82, 2.24) is 10.3 Å². The number of hydrogen-bond donors (Lipinski definition) is 1. The van der Waals surface area contributed by atoms with Crippen LogP contribution in [0.3, 0.4) is 0 Å². The minimum Gasteiger partial charge on any atom is -0.458 e. The fraction of sp³-hybridized carbons (Fsp3) is 0.577. The number of pyridine rings is 1. The third-order valence-electron chi connectivity index (χ3n) is 5.42. The summed E-state index contributed by atoms with van der Waals surface area (Å²) in [4.78, 5) is 30.7. The van der Waals surface area contributed by atoms with E-state index in [9.17, 15) is 18.0 Å². The van der Waals surface area contributed by atoms with Gasteiger partial charge in [0.05, 0.1) is 22.4 Å². The molecule has 0 aliphatic heterocycles. The molecule has 1 heterocycles. The number of nitrogens with one attached hydrogen (secondary N) is 1. The van der Waals surface area contributed by atoms with E-state index in [2.05, 4.69) is 10.3 Å². The normalized spacial score (nSPS) is 14.3. The zero-order valence-electron chi connectivity index (χ0n) is 21.3. The van der Waals surface area contributed by atoms with Gasteiger partial charge in [-0.05, 0) is 65.0 Å². The number of nitrogens with zero attached hydrogens (tertiary/aromatic N) is 1. The Labute approximate surface area is 203 Å². The molecular weight excluding hydrogens is 452 g/mol. The molecule has 0 bridgehead atoms. The molecule has 0 spiro atoms. The average Bonchev–Trinajstić information content (AvgIpc) is 2.71. The number of carbonyl (C=O) groups excluding carboxylic acids is 2. The molecule has 0 unspecified atom stereocenters. The van der Waals surface area contributed by atoms with Gasteiger partial charge in [-0.2, -0.15) is 0 Å². The zero-order chi connectivity index (χ0) is 25.7. The highest BCUT2D eigenvalue weighted by atomic mass is 32.2. The second-order valence-corrected chi connectivity index (χ2v) is 13.1. The van der Waals surface area contributed by atoms with E-state index in [-0.39, 0.29) is 18.1 Å². The summed E-state index contributed by atoms with van der Waals surface area (Å²) in [6.45, 7) is 12.4. The lowest BCUT2D eigenvalue weighted by atomic mass is 9.96. The van der Waals surface area contributed by atoms with Crippen LogP contribution in [0.15, 0.2) is 36.5 Å². The SMILES string of the molecule is CC(C)C[C@H](NC(=O)[C@H](Cc1cccc2cccnc12)CS(=O)(=O)C(C)C)C(=O)OC(C)(C)C. The third-order valence-corrected chi connectivity index (χ3v) is 7.72. The van der Waals surface area contributed by atoms with Crippen LogP contribution in [-0.4, -0.2) is 47.9 Å². The van der Waals surface area contributed by atoms with Gasteiger partial charge in [-0.3, -0.25) is 9.78 Å². The highest BCUT2D eigenvalue weighted by molar-refractivity contribution is 7.92. The molecule has 2 atom stereocenters. The van der Waals surface area contributed by atoms with E-state index < -0.39 is 44.5 Å². The summed E-state index contributed by atoms with van der Waals surface area (Å²) in [6, 6.07) is 8.54. The van der Waals surface area contributed by atoms with Crippen LogP contribution in [0.25, 0.3) is 10.9 Å². The van der Waals surface area contributed by atoms with Crippen molar-refractivity contribution in [3.05, 3.63) is 42.1 Å². The van der Waals surface area contributed by atoms with E-state index in [0.29, 0.717) is 6.42 Å². The van der Waals surface area contributed by atoms with Gasteiger partial charge in [-0.1, -0.05) is 38.1 Å². The lowest BCUT2D eigenvalue weighted by molar-refractivity contribution is -0.159. The molecule has 0 aliphatic rings. The molecule has 0 radical (unpaired) electrons. The number of ether oxygens (including phenoxy) is 1. The first-order valence-corrected chi connectivity index (χ1v) is 13.5. The molecule has 1 amide bonds. The van der Waals surface area contributed by atoms with Crippen LogP contribution in [0.1, 0.15) is 60.5 Å². The fourth-order valence-electron chi connectivity index (χ4n) is 3.65. The van der Waals surface area contributed by atoms with Crippen molar-refractivity contribution in [3.8, 4) is 0 Å². The van der Waals surface area contributed by atoms with Crippen LogP contribution in [-0.2, 0) is 30.6 Å². The maximum absolute atomic E-state index is 13.4. The molecule has 2 rings (SSSR count). The highest BCUT2D eigenvalue weighted by Gasteiger charge is 2.33. The second-order valence-electron chi connectivity index (χ2n) is 10.5. The molecule has 1 aromatic heterocycles. The van der Waals surface area contributed by atoms with Crippen molar-refractivity contribution in [2.75, 3.05) is 5.75 Å². The zero-order valence-corrected chi connectivity index (χ0v) is 22.1. The van der Waals surface area contributed by atoms with Crippen molar-refractivity contribution in [2.24, 2.45) is 11.8 Å². The van der Waals surface area contributed by atoms with Crippen molar-refractivity contribution in [1.29, 1.82) is 0 Å². The van der Waals surface area contributed by atoms with Gasteiger partial charge in [0, 0.05) is 11.6 Å². The Hall–Kier alpha value is -2.48. The summed E-state index contributed by atoms with van der Waals surface area (Å²) in [5.74, 6) is -2.07. The predicted molar refractivity (Wildman–Crippen MR) is 135 cm³/mol. The Morgan fingerprint density at radius 1 is 1.06 bits per heavy atom. The van der Waals surface area contributed by atoms with E-state index in [1.807, 2.05) is 44.2 Å². The smallest absolute Gasteiger partial charge is 0.329 e. The average molecular weight is 491 g/mol. The molecule has 0 fully saturated rings. The molecule has 8 heteroatoms. The van der Waals surface area contributed by atoms with Crippen molar-refractivity contribution < 1.29 is 22.7 Å². The Morgan fingerprint density at radius 3 is 2.29 bits per heavy atom. The number of carbonyl (C=O) groups is 2. The summed E-state index contributed by atoms with van der Waals surface area (Å²) in [6.07, 6.45) is 2.25. The number of rotatable bonds is 10. The maximum Gasteiger partial charge on any atom is 0.329 e. The topological polar surface area (TPSA) is 102 Å². The first-order valence-electron chi connectivity index (χ1n) is 11.8. The van der Waals surface area contributed by atoms with Crippen molar-refractivity contribution >= 4 is 32.6 Å². The predicted octanol–water partition coefficient (Wildman–Crippen LogP) is 4.09. The number of para-hydroxylation sites is 1. The number of benzene rings is 1. The maximum atomic E-state index is 13.4. The summed E-state index contributed by atoms with van der Waals surface area (Å²) in [5, 5.41) is 3.10. The van der Waals surface area contributed by atoms with Gasteiger partial charge in [0.2, 0.25) is 5.91 Å². The van der Waals surface area contributed by atoms with Crippen LogP contribution in [0.4, 0.5) is 0 Å². The Morgan fingerprint density at radius 2 is 1.71 bits per heavy atom. The molecular formula is C26H38N2O5S. The number of aromatic nitrogens is 1. The highest BCUT2D eigenvalue weighted by Crippen LogP contribution is 2.22. The van der Waals surface area contributed by atoms with Crippen LogP contribution < -0.4 is 5.32 Å². The van der Waals surface area contributed by atoms with Gasteiger partial charge in [-0.15, -0.1) is 0 Å². The van der Waals surface area contributed by atoms with E-state index >= 15 is 0 Å². The van der Waals surface area contributed by atoms with Crippen LogP contribution >= 0.6 is 0 Å². The minimum atomic E-state index is -3.52. The molecule has 188 valence electrons. The summed E-state index contributed by atoms with van der Waals surface area (Å²) >= 11 is 0. The largest absolute Gasteiger partial charge is 0.458 e. The monoisotopic (exact) mass is 490 g/mol. The molecule has 1 aromatic carbocycles. The molecule has 34 heavy (non-hydrogen) atoms. The fourth-order valence-corrected chi connectivity index (χ4v) is 4.86. The van der Waals surface area contributed by atoms with E-state index in [4.69, 9.17) is 4.74 Å². The van der Waals surface area contributed by atoms with Crippen LogP contribution in [0, 0.1) is 11.8 Å². The first kappa shape index (κ1) is 27.8. The number of hydrogen-bond acceptors (Lipinski definition) is 6. The molecule has 2 aromatic rings. The van der Waals surface area contributed by atoms with Crippen LogP contribution in [0.5, 0.6) is 0 Å². The van der Waals surface area contributed by atoms with Gasteiger partial charge in [-0.25, -0.2) is 13.2 Å². The molecule has 0 saturated carbocycles. The van der Waals surface area contributed by atoms with Gasteiger partial charge in [0.25, 0.3) is 0 Å². The van der Waals surface area contributed by atoms with Crippen molar-refractivity contribution in [2.45, 2.75) is 78.2 Å². The van der Waals surface area contributed by atoms with E-state index in [1.54, 1.807) is 40.8 Å². The van der Waals surface area contributed by atoms with Crippen LogP contribution in [0.2, 0.25) is 0 Å². The summed E-state index contributed by atoms with van der Waals surface area (Å²) in [7, 11) is -3.52. The molecule has 1 N–H and O–H groups in total. The summed E-state index contributed by atoms with van der Waals surface area (Å²) < 4.78 is 31.1. The lowest BCUT2D eigenvalue weighted by Crippen LogP contribution is -2.48. The number of fused-ring (bicyclic) bond motifs is 1. The van der Waals surface area contributed by atoms with Gasteiger partial charge >= 0.3 is 5.97 Å². The van der Waals surface area contributed by atoms with Gasteiger partial charge < -0.3 is 10.1 Å². The number of esters is 1. The standard InChI is InChI=1S/C26H38N2O5S/c1-17(2)14-22(25(30)33-26(5,6)7)28-24(29)21(16-34(31,32)18(3)4)15-20-11-8-10-19-12-9-13-27-23(19)20/h8-13,17-18,21-22H,14-16H2,1-7H3,(H,28,29)/t21-,22+/m1/s1. The Kier molecular flexibility index (Phi) is 9.22. The summed E-state index contributed by atoms with van der Waals surface area (Å²) in [5.41, 5.74) is 0.817. The lowest BCUT2D eigenvalue weighted by Gasteiger charge is -2.27. The van der Waals surface area contributed by atoms with E-state index in [1.165, 1.54) is 0 Å². The third kappa shape index (κ3) is 8.08. The first-order chi connectivity index (χ1) is 15.7. The Balaban J connectivity index is 2.38. The quantitative estimate of drug-likeness (QED) is 0.503. The molecule has 0 saturated heterocycles.